The van der Waals surface area contributed by atoms with Crippen molar-refractivity contribution in [2.45, 2.75) is 58.6 Å². The molecule has 3 aromatic carbocycles. The number of hydrogen-bond acceptors (Lipinski definition) is 5. The van der Waals surface area contributed by atoms with Gasteiger partial charge in [-0.1, -0.05) is 92.5 Å². The van der Waals surface area contributed by atoms with Crippen molar-refractivity contribution in [3.05, 3.63) is 107 Å². The molecule has 1 fully saturated rings. The van der Waals surface area contributed by atoms with Gasteiger partial charge in [-0.15, -0.1) is 6.58 Å². The van der Waals surface area contributed by atoms with Gasteiger partial charge >= 0.3 is 0 Å². The van der Waals surface area contributed by atoms with Gasteiger partial charge in [0.2, 0.25) is 0 Å². The molecule has 0 saturated carbocycles. The number of nitrogens with zero attached hydrogens (tertiary/aromatic N) is 2. The molecular formula is C34H44Cl2N2O2S. The molecule has 4 nitrogen and oxygen atoms in total. The van der Waals surface area contributed by atoms with Gasteiger partial charge in [-0.05, 0) is 68.6 Å². The summed E-state index contributed by atoms with van der Waals surface area (Å²) in [7, 11) is 0. The molecule has 3 aromatic rings. The monoisotopic (exact) mass is 614 g/mol. The SMILES string of the molecule is C/C=C\C.C=CCC.CC.CC1(c2ccccc2)Oc2ccc(SN3CCN(c4ccc(Cl)cc4Cl)CC3)cc2O1. The molecule has 2 heterocycles. The van der Waals surface area contributed by atoms with E-state index in [1.807, 2.05) is 101 Å². The Morgan fingerprint density at radius 1 is 0.878 bits per heavy atom. The van der Waals surface area contributed by atoms with Crippen molar-refractivity contribution in [3.63, 3.8) is 0 Å². The molecule has 0 aliphatic carbocycles. The summed E-state index contributed by atoms with van der Waals surface area (Å²) in [6, 6.07) is 21.9. The number of hydrogen-bond donors (Lipinski definition) is 0. The second kappa shape index (κ2) is 18.1. The van der Waals surface area contributed by atoms with Crippen molar-refractivity contribution >= 4 is 40.8 Å². The van der Waals surface area contributed by atoms with E-state index in [0.717, 1.165) is 60.2 Å². The van der Waals surface area contributed by atoms with Crippen LogP contribution in [0.25, 0.3) is 0 Å². The van der Waals surface area contributed by atoms with Gasteiger partial charge in [0.25, 0.3) is 5.79 Å². The largest absolute Gasteiger partial charge is 0.445 e. The lowest BCUT2D eigenvalue weighted by molar-refractivity contribution is -0.0680. The average Bonchev–Trinajstić information content (AvgIpc) is 3.36. The zero-order valence-electron chi connectivity index (χ0n) is 25.2. The fourth-order valence-electron chi connectivity index (χ4n) is 3.92. The first-order chi connectivity index (χ1) is 19.8. The van der Waals surface area contributed by atoms with E-state index < -0.39 is 5.79 Å². The fourth-order valence-corrected chi connectivity index (χ4v) is 5.38. The minimum atomic E-state index is -0.795. The Labute approximate surface area is 262 Å². The third kappa shape index (κ3) is 10.3. The number of piperazine rings is 1. The number of benzene rings is 3. The molecule has 41 heavy (non-hydrogen) atoms. The molecule has 0 aromatic heterocycles. The van der Waals surface area contributed by atoms with Gasteiger partial charge in [0.1, 0.15) is 0 Å². The Bertz CT molecular complexity index is 1230. The molecule has 0 radical (unpaired) electrons. The standard InChI is InChI=1S/C24H22Cl2N2O2S.2C4H8.C2H6/c1-24(17-5-3-2-4-6-17)29-22-10-8-19(16-23(22)30-24)31-28-13-11-27(12-14-28)21-9-7-18(25)15-20(21)26;2*1-3-4-2;1-2/h2-10,15-16H,11-14H2,1H3;3-4H,1-2H3;3H,1,4H2,2H3;1-2H3/b;4-3-;;. The van der Waals surface area contributed by atoms with Crippen LogP contribution in [0, 0.1) is 0 Å². The third-order valence-electron chi connectivity index (χ3n) is 6.17. The molecule has 0 N–H and O–H groups in total. The summed E-state index contributed by atoms with van der Waals surface area (Å²) in [4.78, 5) is 3.44. The van der Waals surface area contributed by atoms with Crippen LogP contribution in [-0.4, -0.2) is 30.5 Å². The number of halogens is 2. The molecular weight excluding hydrogens is 571 g/mol. The van der Waals surface area contributed by atoms with Crippen molar-refractivity contribution in [2.75, 3.05) is 31.1 Å². The third-order valence-corrected chi connectivity index (χ3v) is 7.79. The zero-order valence-corrected chi connectivity index (χ0v) is 27.5. The van der Waals surface area contributed by atoms with Crippen LogP contribution in [0.15, 0.2) is 96.4 Å². The molecule has 1 atom stereocenters. The van der Waals surface area contributed by atoms with E-state index in [1.165, 1.54) is 0 Å². The van der Waals surface area contributed by atoms with Crippen LogP contribution in [-0.2, 0) is 5.79 Å². The van der Waals surface area contributed by atoms with Crippen LogP contribution in [0.3, 0.4) is 0 Å². The van der Waals surface area contributed by atoms with E-state index in [9.17, 15) is 0 Å². The summed E-state index contributed by atoms with van der Waals surface area (Å²) in [5.74, 6) is 0.761. The molecule has 222 valence electrons. The van der Waals surface area contributed by atoms with Gasteiger partial charge in [-0.25, -0.2) is 4.31 Å². The van der Waals surface area contributed by atoms with Crippen molar-refractivity contribution < 1.29 is 9.47 Å². The summed E-state index contributed by atoms with van der Waals surface area (Å²) < 4.78 is 14.7. The molecule has 5 rings (SSSR count). The maximum Gasteiger partial charge on any atom is 0.275 e. The van der Waals surface area contributed by atoms with Gasteiger partial charge in [0, 0.05) is 48.6 Å². The lowest BCUT2D eigenvalue weighted by atomic mass is 10.1. The van der Waals surface area contributed by atoms with Gasteiger partial charge < -0.3 is 14.4 Å². The Morgan fingerprint density at radius 3 is 2.05 bits per heavy atom. The summed E-state index contributed by atoms with van der Waals surface area (Å²) in [5.41, 5.74) is 2.04. The summed E-state index contributed by atoms with van der Waals surface area (Å²) >= 11 is 14.2. The van der Waals surface area contributed by atoms with Crippen molar-refractivity contribution in [3.8, 4) is 11.5 Å². The van der Waals surface area contributed by atoms with Crippen LogP contribution >= 0.6 is 35.1 Å². The summed E-state index contributed by atoms with van der Waals surface area (Å²) in [6.45, 7) is 19.2. The van der Waals surface area contributed by atoms with Crippen molar-refractivity contribution in [1.82, 2.24) is 4.31 Å². The number of ether oxygens (including phenoxy) is 2. The highest BCUT2D eigenvalue weighted by molar-refractivity contribution is 7.97. The van der Waals surface area contributed by atoms with E-state index in [4.69, 9.17) is 32.7 Å². The van der Waals surface area contributed by atoms with Crippen LogP contribution in [0.1, 0.15) is 53.5 Å². The maximum absolute atomic E-state index is 6.38. The summed E-state index contributed by atoms with van der Waals surface area (Å²) in [5, 5.41) is 1.36. The number of fused-ring (bicyclic) bond motifs is 1. The molecule has 2 aliphatic heterocycles. The predicted octanol–water partition coefficient (Wildman–Crippen LogP) is 10.7. The van der Waals surface area contributed by atoms with Gasteiger partial charge in [-0.3, -0.25) is 0 Å². The van der Waals surface area contributed by atoms with Gasteiger partial charge in [0.15, 0.2) is 11.5 Å². The first-order valence-corrected chi connectivity index (χ1v) is 15.7. The van der Waals surface area contributed by atoms with Crippen LogP contribution in [0.5, 0.6) is 11.5 Å². The van der Waals surface area contributed by atoms with E-state index in [-0.39, 0.29) is 0 Å². The van der Waals surface area contributed by atoms with Crippen LogP contribution in [0.4, 0.5) is 5.69 Å². The highest BCUT2D eigenvalue weighted by Crippen LogP contribution is 2.45. The first-order valence-electron chi connectivity index (χ1n) is 14.2. The lowest BCUT2D eigenvalue weighted by Crippen LogP contribution is -2.43. The Hall–Kier alpha value is -2.57. The normalized spacial score (nSPS) is 17.4. The van der Waals surface area contributed by atoms with Gasteiger partial charge in [-0.2, -0.15) is 0 Å². The maximum atomic E-state index is 6.38. The van der Waals surface area contributed by atoms with E-state index >= 15 is 0 Å². The van der Waals surface area contributed by atoms with Gasteiger partial charge in [0.05, 0.1) is 10.7 Å². The molecule has 7 heteroatoms. The Kier molecular flexibility index (Phi) is 15.3. The minimum absolute atomic E-state index is 0.661. The van der Waals surface area contributed by atoms with Crippen LogP contribution in [0.2, 0.25) is 10.0 Å². The van der Waals surface area contributed by atoms with E-state index in [2.05, 4.69) is 34.8 Å². The molecule has 2 aliphatic rings. The fraction of sp³-hybridized carbons (Fsp3) is 0.353. The van der Waals surface area contributed by atoms with Crippen molar-refractivity contribution in [1.29, 1.82) is 0 Å². The molecule has 1 saturated heterocycles. The topological polar surface area (TPSA) is 24.9 Å². The second-order valence-electron chi connectivity index (χ2n) is 9.09. The summed E-state index contributed by atoms with van der Waals surface area (Å²) in [6.07, 6.45) is 6.96. The Morgan fingerprint density at radius 2 is 1.49 bits per heavy atom. The average molecular weight is 616 g/mol. The quantitative estimate of drug-likeness (QED) is 0.210. The number of anilines is 1. The predicted molar refractivity (Wildman–Crippen MR) is 180 cm³/mol. The van der Waals surface area contributed by atoms with E-state index in [0.29, 0.717) is 10.0 Å². The minimum Gasteiger partial charge on any atom is -0.445 e. The van der Waals surface area contributed by atoms with E-state index in [1.54, 1.807) is 18.0 Å². The van der Waals surface area contributed by atoms with Crippen molar-refractivity contribution in [2.24, 2.45) is 0 Å². The highest BCUT2D eigenvalue weighted by Gasteiger charge is 2.38. The molecule has 0 bridgehead atoms. The molecule has 0 amide bonds. The van der Waals surface area contributed by atoms with Crippen LogP contribution < -0.4 is 14.4 Å². The highest BCUT2D eigenvalue weighted by atomic mass is 35.5. The number of rotatable bonds is 5. The lowest BCUT2D eigenvalue weighted by Gasteiger charge is -2.35. The Balaban J connectivity index is 0.000000516. The molecule has 0 spiro atoms. The smallest absolute Gasteiger partial charge is 0.275 e. The number of allylic oxidation sites excluding steroid dienone is 3. The zero-order chi connectivity index (χ0) is 30.3. The first kappa shape index (κ1) is 34.6. The second-order valence-corrected chi connectivity index (χ2v) is 11.1. The molecule has 1 unspecified atom stereocenters.